The van der Waals surface area contributed by atoms with Crippen LogP contribution in [0.2, 0.25) is 0 Å². The fourth-order valence-electron chi connectivity index (χ4n) is 3.97. The number of nitrogens with zero attached hydrogens (tertiary/aromatic N) is 2. The van der Waals surface area contributed by atoms with Gasteiger partial charge in [0.15, 0.2) is 11.3 Å². The van der Waals surface area contributed by atoms with Gasteiger partial charge in [-0.2, -0.15) is 0 Å². The van der Waals surface area contributed by atoms with Crippen molar-refractivity contribution >= 4 is 21.9 Å². The predicted molar refractivity (Wildman–Crippen MR) is 115 cm³/mol. The SMILES string of the molecule is COc1cc(Cc2cncnc2)c2cc(Cc3c[nH]c4cc(F)ccc34)oc2c1OC. The highest BCUT2D eigenvalue weighted by Crippen LogP contribution is 2.41. The molecule has 2 aromatic carbocycles. The number of aromatic amines is 1. The predicted octanol–water partition coefficient (Wildman–Crippen LogP) is 5.04. The van der Waals surface area contributed by atoms with Gasteiger partial charge in [-0.25, -0.2) is 14.4 Å². The van der Waals surface area contributed by atoms with Gasteiger partial charge in [-0.1, -0.05) is 0 Å². The molecule has 7 heteroatoms. The first kappa shape index (κ1) is 19.1. The Bertz CT molecular complexity index is 1380. The van der Waals surface area contributed by atoms with Crippen molar-refractivity contribution in [2.45, 2.75) is 12.8 Å². The average molecular weight is 417 g/mol. The number of benzene rings is 2. The van der Waals surface area contributed by atoms with Gasteiger partial charge >= 0.3 is 0 Å². The number of nitrogens with one attached hydrogen (secondary N) is 1. The summed E-state index contributed by atoms with van der Waals surface area (Å²) in [6, 6.07) is 8.72. The van der Waals surface area contributed by atoms with Crippen LogP contribution in [0.4, 0.5) is 4.39 Å². The third-order valence-electron chi connectivity index (χ3n) is 5.39. The molecule has 5 aromatic rings. The van der Waals surface area contributed by atoms with E-state index in [9.17, 15) is 4.39 Å². The van der Waals surface area contributed by atoms with Crippen molar-refractivity contribution in [3.05, 3.63) is 83.5 Å². The molecule has 0 aliphatic heterocycles. The highest BCUT2D eigenvalue weighted by atomic mass is 19.1. The zero-order valence-corrected chi connectivity index (χ0v) is 17.1. The van der Waals surface area contributed by atoms with Crippen molar-refractivity contribution < 1.29 is 18.3 Å². The number of aromatic nitrogens is 3. The van der Waals surface area contributed by atoms with E-state index in [-0.39, 0.29) is 5.82 Å². The van der Waals surface area contributed by atoms with E-state index in [1.807, 2.05) is 18.3 Å². The van der Waals surface area contributed by atoms with Crippen LogP contribution in [0.3, 0.4) is 0 Å². The fraction of sp³-hybridized carbons (Fsp3) is 0.167. The molecule has 3 aromatic heterocycles. The molecule has 0 aliphatic rings. The molecule has 0 unspecified atom stereocenters. The zero-order chi connectivity index (χ0) is 21.4. The molecule has 0 saturated carbocycles. The van der Waals surface area contributed by atoms with Crippen molar-refractivity contribution in [2.75, 3.05) is 14.2 Å². The van der Waals surface area contributed by atoms with Crippen LogP contribution >= 0.6 is 0 Å². The minimum absolute atomic E-state index is 0.268. The summed E-state index contributed by atoms with van der Waals surface area (Å²) in [5, 5.41) is 1.91. The van der Waals surface area contributed by atoms with Crippen LogP contribution in [0.25, 0.3) is 21.9 Å². The van der Waals surface area contributed by atoms with Gasteiger partial charge < -0.3 is 18.9 Å². The highest BCUT2D eigenvalue weighted by Gasteiger charge is 2.19. The molecule has 31 heavy (non-hydrogen) atoms. The van der Waals surface area contributed by atoms with E-state index in [0.29, 0.717) is 29.9 Å². The van der Waals surface area contributed by atoms with E-state index in [2.05, 4.69) is 15.0 Å². The summed E-state index contributed by atoms with van der Waals surface area (Å²) in [6.07, 6.45) is 8.17. The second-order valence-corrected chi connectivity index (χ2v) is 7.33. The van der Waals surface area contributed by atoms with Crippen molar-refractivity contribution in [3.63, 3.8) is 0 Å². The number of fused-ring (bicyclic) bond motifs is 2. The molecule has 156 valence electrons. The third-order valence-corrected chi connectivity index (χ3v) is 5.39. The van der Waals surface area contributed by atoms with E-state index in [1.54, 1.807) is 32.7 Å². The van der Waals surface area contributed by atoms with E-state index < -0.39 is 0 Å². The Hall–Kier alpha value is -3.87. The standard InChI is InChI=1S/C24H20FN3O3/c1-29-22-7-15(5-14-10-26-13-27-11-14)20-9-18(31-23(20)24(22)30-2)6-16-12-28-21-8-17(25)3-4-19(16)21/h3-4,7-13,28H,5-6H2,1-2H3. The lowest BCUT2D eigenvalue weighted by atomic mass is 10.0. The van der Waals surface area contributed by atoms with E-state index in [4.69, 9.17) is 13.9 Å². The minimum atomic E-state index is -0.268. The lowest BCUT2D eigenvalue weighted by Gasteiger charge is -2.11. The molecule has 0 radical (unpaired) electrons. The average Bonchev–Trinajstić information content (AvgIpc) is 3.38. The Morgan fingerprint density at radius 1 is 0.968 bits per heavy atom. The number of rotatable bonds is 6. The van der Waals surface area contributed by atoms with Crippen LogP contribution in [-0.2, 0) is 12.8 Å². The fourth-order valence-corrected chi connectivity index (χ4v) is 3.97. The quantitative estimate of drug-likeness (QED) is 0.419. The maximum Gasteiger partial charge on any atom is 0.204 e. The summed E-state index contributed by atoms with van der Waals surface area (Å²) < 4.78 is 30.9. The molecule has 0 amide bonds. The highest BCUT2D eigenvalue weighted by molar-refractivity contribution is 5.90. The topological polar surface area (TPSA) is 73.2 Å². The Morgan fingerprint density at radius 3 is 2.58 bits per heavy atom. The number of halogens is 1. The summed E-state index contributed by atoms with van der Waals surface area (Å²) in [4.78, 5) is 11.3. The molecule has 5 rings (SSSR count). The van der Waals surface area contributed by atoms with Gasteiger partial charge in [0.2, 0.25) is 5.75 Å². The molecular formula is C24H20FN3O3. The van der Waals surface area contributed by atoms with Crippen LogP contribution in [0.5, 0.6) is 11.5 Å². The van der Waals surface area contributed by atoms with Crippen LogP contribution in [0.1, 0.15) is 22.5 Å². The van der Waals surface area contributed by atoms with E-state index >= 15 is 0 Å². The van der Waals surface area contributed by atoms with Gasteiger partial charge in [-0.3, -0.25) is 0 Å². The number of H-pyrrole nitrogens is 1. The van der Waals surface area contributed by atoms with Gasteiger partial charge in [0.05, 0.1) is 14.2 Å². The molecule has 0 fully saturated rings. The molecule has 0 aliphatic carbocycles. The molecule has 6 nitrogen and oxygen atoms in total. The molecule has 0 atom stereocenters. The smallest absolute Gasteiger partial charge is 0.204 e. The van der Waals surface area contributed by atoms with Crippen molar-refractivity contribution in [1.82, 2.24) is 15.0 Å². The van der Waals surface area contributed by atoms with Gasteiger partial charge in [0.25, 0.3) is 0 Å². The van der Waals surface area contributed by atoms with Gasteiger partial charge in [0, 0.05) is 47.7 Å². The second kappa shape index (κ2) is 7.75. The lowest BCUT2D eigenvalue weighted by molar-refractivity contribution is 0.352. The number of ether oxygens (including phenoxy) is 2. The Kier molecular flexibility index (Phi) is 4.78. The Labute approximate surface area is 177 Å². The van der Waals surface area contributed by atoms with Gasteiger partial charge in [-0.15, -0.1) is 0 Å². The zero-order valence-electron chi connectivity index (χ0n) is 17.1. The van der Waals surface area contributed by atoms with Crippen LogP contribution in [0, 0.1) is 5.82 Å². The van der Waals surface area contributed by atoms with Crippen molar-refractivity contribution in [3.8, 4) is 11.5 Å². The van der Waals surface area contributed by atoms with Crippen LogP contribution < -0.4 is 9.47 Å². The Balaban J connectivity index is 1.60. The second-order valence-electron chi connectivity index (χ2n) is 7.33. The van der Waals surface area contributed by atoms with Crippen LogP contribution in [-0.4, -0.2) is 29.2 Å². The first-order chi connectivity index (χ1) is 15.2. The van der Waals surface area contributed by atoms with E-state index in [0.717, 1.165) is 38.7 Å². The van der Waals surface area contributed by atoms with Crippen LogP contribution in [0.15, 0.2) is 59.7 Å². The molecule has 3 heterocycles. The molecule has 0 saturated heterocycles. The molecule has 0 bridgehead atoms. The summed E-state index contributed by atoms with van der Waals surface area (Å²) in [7, 11) is 3.20. The first-order valence-corrected chi connectivity index (χ1v) is 9.82. The summed E-state index contributed by atoms with van der Waals surface area (Å²) >= 11 is 0. The van der Waals surface area contributed by atoms with Crippen molar-refractivity contribution in [1.29, 1.82) is 0 Å². The number of furan rings is 1. The molecule has 0 spiro atoms. The lowest BCUT2D eigenvalue weighted by Crippen LogP contribution is -1.96. The molecule has 1 N–H and O–H groups in total. The minimum Gasteiger partial charge on any atom is -0.493 e. The van der Waals surface area contributed by atoms with Gasteiger partial charge in [0.1, 0.15) is 17.9 Å². The number of hydrogen-bond acceptors (Lipinski definition) is 5. The Morgan fingerprint density at radius 2 is 1.81 bits per heavy atom. The summed E-state index contributed by atoms with van der Waals surface area (Å²) in [6.45, 7) is 0. The van der Waals surface area contributed by atoms with Gasteiger partial charge in [-0.05, 0) is 47.0 Å². The number of methoxy groups -OCH3 is 2. The maximum atomic E-state index is 13.5. The third kappa shape index (κ3) is 3.48. The first-order valence-electron chi connectivity index (χ1n) is 9.82. The maximum absolute atomic E-state index is 13.5. The summed E-state index contributed by atoms with van der Waals surface area (Å²) in [5.74, 6) is 1.66. The normalized spacial score (nSPS) is 11.3. The largest absolute Gasteiger partial charge is 0.493 e. The summed E-state index contributed by atoms with van der Waals surface area (Å²) in [5.41, 5.74) is 4.43. The van der Waals surface area contributed by atoms with E-state index in [1.165, 1.54) is 18.5 Å². The molecular weight excluding hydrogens is 397 g/mol. The van der Waals surface area contributed by atoms with Crippen molar-refractivity contribution in [2.24, 2.45) is 0 Å². The monoisotopic (exact) mass is 417 g/mol. The number of hydrogen-bond donors (Lipinski definition) is 1.